The minimum atomic E-state index is -0.216. The first-order valence-corrected chi connectivity index (χ1v) is 16.4. The zero-order valence-corrected chi connectivity index (χ0v) is 27.0. The summed E-state index contributed by atoms with van der Waals surface area (Å²) in [7, 11) is 0. The molecule has 0 aromatic carbocycles. The zero-order chi connectivity index (χ0) is 29.2. The van der Waals surface area contributed by atoms with E-state index in [9.17, 15) is 4.79 Å². The fraction of sp³-hybridized carbons (Fsp3) is 0.971. The molecule has 1 spiro atoms. The predicted molar refractivity (Wildman–Crippen MR) is 160 cm³/mol. The summed E-state index contributed by atoms with van der Waals surface area (Å²) in [6.07, 6.45) is 11.0. The topological polar surface area (TPSA) is 65.0 Å². The van der Waals surface area contributed by atoms with Gasteiger partial charge in [-0.1, -0.05) is 75.2 Å². The van der Waals surface area contributed by atoms with Crippen LogP contribution in [0.25, 0.3) is 0 Å². The van der Waals surface area contributed by atoms with Gasteiger partial charge in [0.25, 0.3) is 0 Å². The fourth-order valence-electron chi connectivity index (χ4n) is 7.50. The summed E-state index contributed by atoms with van der Waals surface area (Å²) in [6, 6.07) is 0. The average Bonchev–Trinajstić information content (AvgIpc) is 3.30. The van der Waals surface area contributed by atoms with Crippen LogP contribution in [-0.2, 0) is 19.0 Å². The monoisotopic (exact) mass is 552 g/mol. The second-order valence-corrected chi connectivity index (χ2v) is 14.4. The molecule has 1 N–H and O–H groups in total. The molecule has 39 heavy (non-hydrogen) atoms. The van der Waals surface area contributed by atoms with Crippen molar-refractivity contribution in [3.05, 3.63) is 0 Å². The molecule has 5 nitrogen and oxygen atoms in total. The van der Waals surface area contributed by atoms with Crippen molar-refractivity contribution in [3.8, 4) is 0 Å². The first-order chi connectivity index (χ1) is 18.4. The lowest BCUT2D eigenvalue weighted by atomic mass is 9.73. The molecule has 1 heterocycles. The van der Waals surface area contributed by atoms with Gasteiger partial charge in [-0.25, -0.2) is 0 Å². The van der Waals surface area contributed by atoms with E-state index in [1.807, 2.05) is 0 Å². The van der Waals surface area contributed by atoms with Crippen LogP contribution in [0, 0.1) is 53.3 Å². The predicted octanol–water partition coefficient (Wildman–Crippen LogP) is 7.93. The third kappa shape index (κ3) is 10.7. The molecule has 0 aromatic heterocycles. The van der Waals surface area contributed by atoms with Gasteiger partial charge in [0, 0.05) is 24.7 Å². The Balaban J connectivity index is 0.000000207. The van der Waals surface area contributed by atoms with Crippen molar-refractivity contribution in [1.82, 2.24) is 0 Å². The first-order valence-electron chi connectivity index (χ1n) is 16.4. The van der Waals surface area contributed by atoms with Crippen LogP contribution in [0.1, 0.15) is 120 Å². The molecule has 1 aliphatic heterocycles. The van der Waals surface area contributed by atoms with Crippen LogP contribution in [0.5, 0.6) is 0 Å². The summed E-state index contributed by atoms with van der Waals surface area (Å²) in [4.78, 5) is 11.4. The van der Waals surface area contributed by atoms with Crippen molar-refractivity contribution < 1.29 is 24.1 Å². The minimum Gasteiger partial charge on any atom is -0.394 e. The van der Waals surface area contributed by atoms with Gasteiger partial charge in [-0.2, -0.15) is 0 Å². The van der Waals surface area contributed by atoms with Gasteiger partial charge >= 0.3 is 0 Å². The van der Waals surface area contributed by atoms with E-state index in [2.05, 4.69) is 62.3 Å². The summed E-state index contributed by atoms with van der Waals surface area (Å²) in [5.74, 6) is 6.03. The van der Waals surface area contributed by atoms with Crippen molar-refractivity contribution in [2.45, 2.75) is 132 Å². The molecule has 7 unspecified atom stereocenters. The van der Waals surface area contributed by atoms with Crippen molar-refractivity contribution >= 4 is 5.78 Å². The molecule has 4 aliphatic rings. The number of aliphatic hydroxyl groups is 1. The first kappa shape index (κ1) is 34.7. The molecule has 4 rings (SSSR count). The Morgan fingerprint density at radius 3 is 1.97 bits per heavy atom. The quantitative estimate of drug-likeness (QED) is 0.362. The van der Waals surface area contributed by atoms with Gasteiger partial charge in [-0.3, -0.25) is 4.79 Å². The molecule has 1 saturated heterocycles. The molecule has 0 radical (unpaired) electrons. The summed E-state index contributed by atoms with van der Waals surface area (Å²) >= 11 is 0. The Bertz CT molecular complexity index is 683. The van der Waals surface area contributed by atoms with Crippen LogP contribution in [0.2, 0.25) is 0 Å². The van der Waals surface area contributed by atoms with Gasteiger partial charge in [0.05, 0.1) is 32.5 Å². The van der Waals surface area contributed by atoms with Gasteiger partial charge in [0.2, 0.25) is 0 Å². The SMILES string of the molecule is CC1CCC(C(C)C)C(=O)C1.CC1CCC(C(C)C)C(OCCO)C1.CC1CCC(C(C)C)C2(C1)OCCO2. The molecule has 3 aliphatic carbocycles. The van der Waals surface area contributed by atoms with Gasteiger partial charge in [0.1, 0.15) is 5.78 Å². The molecule has 5 heteroatoms. The number of carbonyl (C=O) groups is 1. The molecular formula is C34H64O5. The Morgan fingerprint density at radius 2 is 1.44 bits per heavy atom. The average molecular weight is 553 g/mol. The second kappa shape index (κ2) is 16.8. The number of aliphatic hydroxyl groups excluding tert-OH is 1. The van der Waals surface area contributed by atoms with E-state index in [4.69, 9.17) is 19.3 Å². The number of ketones is 1. The molecular weight excluding hydrogens is 488 g/mol. The van der Waals surface area contributed by atoms with Crippen LogP contribution < -0.4 is 0 Å². The summed E-state index contributed by atoms with van der Waals surface area (Å²) < 4.78 is 17.5. The van der Waals surface area contributed by atoms with E-state index < -0.39 is 0 Å². The lowest BCUT2D eigenvalue weighted by Gasteiger charge is -2.43. The highest BCUT2D eigenvalue weighted by atomic mass is 16.7. The smallest absolute Gasteiger partial charge is 0.171 e. The van der Waals surface area contributed by atoms with Crippen LogP contribution in [0.3, 0.4) is 0 Å². The number of ether oxygens (including phenoxy) is 3. The van der Waals surface area contributed by atoms with E-state index in [0.717, 1.165) is 44.3 Å². The Kier molecular flexibility index (Phi) is 15.0. The Labute approximate surface area is 241 Å². The molecule has 7 atom stereocenters. The number of carbonyl (C=O) groups excluding carboxylic acids is 1. The zero-order valence-electron chi connectivity index (χ0n) is 27.0. The van der Waals surface area contributed by atoms with E-state index in [-0.39, 0.29) is 12.4 Å². The van der Waals surface area contributed by atoms with Crippen molar-refractivity contribution in [2.75, 3.05) is 26.4 Å². The largest absolute Gasteiger partial charge is 0.394 e. The van der Waals surface area contributed by atoms with Crippen molar-refractivity contribution in [1.29, 1.82) is 0 Å². The molecule has 3 saturated carbocycles. The van der Waals surface area contributed by atoms with Crippen LogP contribution in [-0.4, -0.2) is 49.2 Å². The van der Waals surface area contributed by atoms with E-state index in [1.165, 1.54) is 38.5 Å². The molecule has 0 aromatic rings. The van der Waals surface area contributed by atoms with Crippen LogP contribution in [0.15, 0.2) is 0 Å². The molecule has 0 amide bonds. The maximum atomic E-state index is 11.4. The van der Waals surface area contributed by atoms with E-state index in [1.54, 1.807) is 0 Å². The lowest BCUT2D eigenvalue weighted by Crippen LogP contribution is -2.46. The van der Waals surface area contributed by atoms with Gasteiger partial charge < -0.3 is 19.3 Å². The van der Waals surface area contributed by atoms with E-state index in [0.29, 0.717) is 59.9 Å². The number of rotatable bonds is 6. The lowest BCUT2D eigenvalue weighted by molar-refractivity contribution is -0.230. The fourth-order valence-corrected chi connectivity index (χ4v) is 7.50. The third-order valence-corrected chi connectivity index (χ3v) is 9.87. The van der Waals surface area contributed by atoms with Crippen LogP contribution >= 0.6 is 0 Å². The van der Waals surface area contributed by atoms with Crippen LogP contribution in [0.4, 0.5) is 0 Å². The van der Waals surface area contributed by atoms with Gasteiger partial charge in [0.15, 0.2) is 5.79 Å². The standard InChI is InChI=1S/C12H22O2.C12H24O2.C10H18O/c1-9(2)11-5-4-10(3)8-12(11)13-6-7-14-12;1-9(2)11-5-4-10(3)8-12(11)14-7-6-13;1-7(2)9-5-4-8(3)6-10(9)11/h9-11H,4-8H2,1-3H3;9-13H,4-8H2,1-3H3;7-9H,4-6H2,1-3H3. The highest BCUT2D eigenvalue weighted by Crippen LogP contribution is 2.46. The highest BCUT2D eigenvalue weighted by molar-refractivity contribution is 5.82. The summed E-state index contributed by atoms with van der Waals surface area (Å²) in [5.41, 5.74) is 0. The van der Waals surface area contributed by atoms with Gasteiger partial charge in [-0.15, -0.1) is 0 Å². The third-order valence-electron chi connectivity index (χ3n) is 9.87. The molecule has 0 bridgehead atoms. The van der Waals surface area contributed by atoms with Crippen molar-refractivity contribution in [3.63, 3.8) is 0 Å². The van der Waals surface area contributed by atoms with Gasteiger partial charge in [-0.05, 0) is 73.5 Å². The van der Waals surface area contributed by atoms with E-state index >= 15 is 0 Å². The maximum absolute atomic E-state index is 11.4. The number of hydrogen-bond donors (Lipinski definition) is 1. The highest BCUT2D eigenvalue weighted by Gasteiger charge is 2.48. The second-order valence-electron chi connectivity index (χ2n) is 14.4. The number of Topliss-reactive ketones (excluding diaryl/α,β-unsaturated/α-hetero) is 1. The Hall–Kier alpha value is -0.490. The normalized spacial score (nSPS) is 34.6. The summed E-state index contributed by atoms with van der Waals surface area (Å²) in [5, 5.41) is 8.76. The molecule has 230 valence electrons. The minimum absolute atomic E-state index is 0.149. The van der Waals surface area contributed by atoms with Crippen molar-refractivity contribution in [2.24, 2.45) is 53.3 Å². The molecule has 4 fully saturated rings. The summed E-state index contributed by atoms with van der Waals surface area (Å²) in [6.45, 7) is 22.4. The maximum Gasteiger partial charge on any atom is 0.171 e. The number of hydrogen-bond acceptors (Lipinski definition) is 5. The Morgan fingerprint density at radius 1 is 0.821 bits per heavy atom.